The molecule has 2 rings (SSSR count). The Balaban J connectivity index is 2.36. The summed E-state index contributed by atoms with van der Waals surface area (Å²) in [6.45, 7) is 5.65. The molecule has 6 heteroatoms. The van der Waals surface area contributed by atoms with Gasteiger partial charge in [-0.2, -0.15) is 4.31 Å². The van der Waals surface area contributed by atoms with Crippen LogP contribution in [0.3, 0.4) is 0 Å². The number of sulfonamides is 1. The van der Waals surface area contributed by atoms with Crippen LogP contribution >= 0.6 is 0 Å². The molecule has 1 aliphatic rings. The van der Waals surface area contributed by atoms with Gasteiger partial charge in [-0.15, -0.1) is 0 Å². The average molecular weight is 284 g/mol. The van der Waals surface area contributed by atoms with Crippen LogP contribution in [0.15, 0.2) is 23.1 Å². The maximum Gasteiger partial charge on any atom is 0.243 e. The standard InChI is InChI=1S/C13H20N2O3S/c1-10-8-12(4-5-13(10)18-3)19(16,17)15-7-6-14-9-11(15)2/h4-5,8,11,14H,6-7,9H2,1-3H3. The Morgan fingerprint density at radius 1 is 1.42 bits per heavy atom. The predicted molar refractivity (Wildman–Crippen MR) is 74.0 cm³/mol. The first-order valence-corrected chi connectivity index (χ1v) is 7.78. The van der Waals surface area contributed by atoms with Gasteiger partial charge in [0.2, 0.25) is 10.0 Å². The van der Waals surface area contributed by atoms with Gasteiger partial charge in [-0.1, -0.05) is 0 Å². The zero-order valence-corrected chi connectivity index (χ0v) is 12.3. The van der Waals surface area contributed by atoms with Crippen molar-refractivity contribution in [3.8, 4) is 5.75 Å². The second-order valence-electron chi connectivity index (χ2n) is 4.80. The van der Waals surface area contributed by atoms with E-state index in [1.54, 1.807) is 29.6 Å². The summed E-state index contributed by atoms with van der Waals surface area (Å²) in [6.07, 6.45) is 0. The lowest BCUT2D eigenvalue weighted by molar-refractivity contribution is 0.284. The van der Waals surface area contributed by atoms with Gasteiger partial charge in [0.25, 0.3) is 0 Å². The van der Waals surface area contributed by atoms with Crippen molar-refractivity contribution in [3.63, 3.8) is 0 Å². The highest BCUT2D eigenvalue weighted by Crippen LogP contribution is 2.25. The largest absolute Gasteiger partial charge is 0.496 e. The molecule has 0 spiro atoms. The molecule has 1 N–H and O–H groups in total. The number of piperazine rings is 1. The first-order valence-electron chi connectivity index (χ1n) is 6.34. The quantitative estimate of drug-likeness (QED) is 0.899. The fraction of sp³-hybridized carbons (Fsp3) is 0.538. The third-order valence-corrected chi connectivity index (χ3v) is 5.42. The minimum Gasteiger partial charge on any atom is -0.496 e. The highest BCUT2D eigenvalue weighted by atomic mass is 32.2. The predicted octanol–water partition coefficient (Wildman–Crippen LogP) is 0.986. The van der Waals surface area contributed by atoms with Gasteiger partial charge in [-0.25, -0.2) is 8.42 Å². The number of benzene rings is 1. The van der Waals surface area contributed by atoms with E-state index in [0.717, 1.165) is 5.56 Å². The average Bonchev–Trinajstić information content (AvgIpc) is 2.39. The van der Waals surface area contributed by atoms with Crippen LogP contribution in [0.5, 0.6) is 5.75 Å². The third-order valence-electron chi connectivity index (χ3n) is 3.41. The Morgan fingerprint density at radius 2 is 2.16 bits per heavy atom. The van der Waals surface area contributed by atoms with E-state index in [2.05, 4.69) is 5.32 Å². The topological polar surface area (TPSA) is 58.6 Å². The second-order valence-corrected chi connectivity index (χ2v) is 6.69. The SMILES string of the molecule is COc1ccc(S(=O)(=O)N2CCNCC2C)cc1C. The van der Waals surface area contributed by atoms with Crippen molar-refractivity contribution in [1.82, 2.24) is 9.62 Å². The van der Waals surface area contributed by atoms with Crippen molar-refractivity contribution < 1.29 is 13.2 Å². The zero-order chi connectivity index (χ0) is 14.0. The molecule has 1 fully saturated rings. The summed E-state index contributed by atoms with van der Waals surface area (Å²) in [4.78, 5) is 0.333. The fourth-order valence-electron chi connectivity index (χ4n) is 2.33. The van der Waals surface area contributed by atoms with E-state index in [1.165, 1.54) is 0 Å². The number of aryl methyl sites for hydroxylation is 1. The van der Waals surface area contributed by atoms with E-state index in [4.69, 9.17) is 4.74 Å². The van der Waals surface area contributed by atoms with E-state index < -0.39 is 10.0 Å². The monoisotopic (exact) mass is 284 g/mol. The molecule has 1 unspecified atom stereocenters. The number of ether oxygens (including phenoxy) is 1. The molecule has 106 valence electrons. The van der Waals surface area contributed by atoms with E-state index in [-0.39, 0.29) is 6.04 Å². The maximum absolute atomic E-state index is 12.6. The summed E-state index contributed by atoms with van der Waals surface area (Å²) in [5.74, 6) is 0.701. The number of rotatable bonds is 3. The normalized spacial score (nSPS) is 21.3. The maximum atomic E-state index is 12.6. The molecule has 5 nitrogen and oxygen atoms in total. The van der Waals surface area contributed by atoms with Gasteiger partial charge in [-0.05, 0) is 37.6 Å². The van der Waals surface area contributed by atoms with Crippen LogP contribution in [0, 0.1) is 6.92 Å². The summed E-state index contributed by atoms with van der Waals surface area (Å²) < 4.78 is 31.9. The molecule has 0 aromatic heterocycles. The van der Waals surface area contributed by atoms with Crippen LogP contribution in [-0.2, 0) is 10.0 Å². The minimum absolute atomic E-state index is 0.0267. The highest BCUT2D eigenvalue weighted by Gasteiger charge is 2.31. The lowest BCUT2D eigenvalue weighted by atomic mass is 10.2. The molecule has 1 saturated heterocycles. The molecule has 19 heavy (non-hydrogen) atoms. The Morgan fingerprint density at radius 3 is 2.74 bits per heavy atom. The van der Waals surface area contributed by atoms with Gasteiger partial charge in [-0.3, -0.25) is 0 Å². The molecular weight excluding hydrogens is 264 g/mol. The minimum atomic E-state index is -3.42. The highest BCUT2D eigenvalue weighted by molar-refractivity contribution is 7.89. The molecule has 0 saturated carbocycles. The summed E-state index contributed by atoms with van der Waals surface area (Å²) in [6, 6.07) is 4.95. The van der Waals surface area contributed by atoms with Crippen molar-refractivity contribution in [2.45, 2.75) is 24.8 Å². The van der Waals surface area contributed by atoms with Gasteiger partial charge in [0.05, 0.1) is 12.0 Å². The third kappa shape index (κ3) is 2.75. The zero-order valence-electron chi connectivity index (χ0n) is 11.5. The summed E-state index contributed by atoms with van der Waals surface area (Å²) >= 11 is 0. The second kappa shape index (κ2) is 5.48. The van der Waals surface area contributed by atoms with Crippen molar-refractivity contribution in [2.75, 3.05) is 26.7 Å². The van der Waals surface area contributed by atoms with Crippen molar-refractivity contribution in [2.24, 2.45) is 0 Å². The number of hydrogen-bond acceptors (Lipinski definition) is 4. The van der Waals surface area contributed by atoms with Crippen LogP contribution in [0.4, 0.5) is 0 Å². The summed E-state index contributed by atoms with van der Waals surface area (Å²) in [7, 11) is -1.84. The number of methoxy groups -OCH3 is 1. The van der Waals surface area contributed by atoms with E-state index >= 15 is 0 Å². The first-order chi connectivity index (χ1) is 8.96. The number of nitrogens with zero attached hydrogens (tertiary/aromatic N) is 1. The molecule has 0 amide bonds. The fourth-order valence-corrected chi connectivity index (χ4v) is 4.04. The molecule has 1 aromatic rings. The van der Waals surface area contributed by atoms with E-state index in [1.807, 2.05) is 13.8 Å². The molecule has 0 aliphatic carbocycles. The van der Waals surface area contributed by atoms with Crippen LogP contribution in [0.1, 0.15) is 12.5 Å². The van der Waals surface area contributed by atoms with E-state index in [9.17, 15) is 8.42 Å². The number of nitrogens with one attached hydrogen (secondary N) is 1. The molecule has 0 radical (unpaired) electrons. The Hall–Kier alpha value is -1.11. The Kier molecular flexibility index (Phi) is 4.13. The van der Waals surface area contributed by atoms with Crippen LogP contribution in [0.25, 0.3) is 0 Å². The van der Waals surface area contributed by atoms with Crippen molar-refractivity contribution in [3.05, 3.63) is 23.8 Å². The summed E-state index contributed by atoms with van der Waals surface area (Å²) in [5.41, 5.74) is 0.825. The first kappa shape index (κ1) is 14.3. The molecule has 1 aliphatic heterocycles. The lowest BCUT2D eigenvalue weighted by Gasteiger charge is -2.32. The Labute approximate surface area is 114 Å². The number of hydrogen-bond donors (Lipinski definition) is 1. The van der Waals surface area contributed by atoms with Crippen LogP contribution < -0.4 is 10.1 Å². The molecule has 1 heterocycles. The lowest BCUT2D eigenvalue weighted by Crippen LogP contribution is -2.52. The summed E-state index contributed by atoms with van der Waals surface area (Å²) in [5, 5.41) is 3.19. The molecule has 1 aromatic carbocycles. The van der Waals surface area contributed by atoms with Gasteiger partial charge in [0.15, 0.2) is 0 Å². The molecule has 0 bridgehead atoms. The van der Waals surface area contributed by atoms with Gasteiger partial charge in [0, 0.05) is 25.7 Å². The smallest absolute Gasteiger partial charge is 0.243 e. The molecule has 1 atom stereocenters. The van der Waals surface area contributed by atoms with E-state index in [0.29, 0.717) is 30.3 Å². The van der Waals surface area contributed by atoms with Gasteiger partial charge in [0.1, 0.15) is 5.75 Å². The van der Waals surface area contributed by atoms with Gasteiger partial charge >= 0.3 is 0 Å². The van der Waals surface area contributed by atoms with Crippen LogP contribution in [0.2, 0.25) is 0 Å². The van der Waals surface area contributed by atoms with Gasteiger partial charge < -0.3 is 10.1 Å². The van der Waals surface area contributed by atoms with Crippen molar-refractivity contribution >= 4 is 10.0 Å². The van der Waals surface area contributed by atoms with Crippen molar-refractivity contribution in [1.29, 1.82) is 0 Å². The molecular formula is C13H20N2O3S. The Bertz CT molecular complexity index is 557. The van der Waals surface area contributed by atoms with Crippen LogP contribution in [-0.4, -0.2) is 45.5 Å².